The van der Waals surface area contributed by atoms with Gasteiger partial charge in [0.25, 0.3) is 36.0 Å². The zero-order valence-electron chi connectivity index (χ0n) is 32.1. The topological polar surface area (TPSA) is 339 Å². The number of non-ortho nitro benzene ring substituents is 1. The number of ether oxygens (including phenoxy) is 2. The fourth-order valence-corrected chi connectivity index (χ4v) is 7.76. The summed E-state index contributed by atoms with van der Waals surface area (Å²) in [4.78, 5) is 7.91. The molecule has 0 aliphatic rings. The zero-order valence-corrected chi connectivity index (χ0v) is 34.5. The number of rotatable bonds is 14. The van der Waals surface area contributed by atoms with Crippen LogP contribution in [0.5, 0.6) is 23.0 Å². The summed E-state index contributed by atoms with van der Waals surface area (Å²) in [5.41, 5.74) is -1.27. The van der Waals surface area contributed by atoms with Crippen molar-refractivity contribution in [3.63, 3.8) is 0 Å². The summed E-state index contributed by atoms with van der Waals surface area (Å²) in [6.45, 7) is 0. The van der Waals surface area contributed by atoms with Crippen LogP contribution in [0.4, 0.5) is 39.8 Å². The lowest BCUT2D eigenvalue weighted by molar-refractivity contribution is -0.385. The highest BCUT2D eigenvalue weighted by molar-refractivity contribution is 7.86. The average molecular weight is 920 g/mol. The van der Waals surface area contributed by atoms with Crippen LogP contribution >= 0.6 is 0 Å². The minimum Gasteiger partial charge on any atom is -0.508 e. The summed E-state index contributed by atoms with van der Waals surface area (Å²) in [6.07, 6.45) is 2.12. The molecule has 0 unspecified atom stereocenters. The number of benzene rings is 6. The van der Waals surface area contributed by atoms with Gasteiger partial charge in [-0.15, -0.1) is 15.3 Å². The Morgan fingerprint density at radius 2 is 1.03 bits per heavy atom. The van der Waals surface area contributed by atoms with Crippen molar-refractivity contribution in [3.8, 4) is 23.0 Å². The number of phenolic OH excluding ortho intramolecular Hbond substituents is 2. The third kappa shape index (κ3) is 10.5. The first-order valence-electron chi connectivity index (χ1n) is 17.3. The number of aromatic hydroxyl groups is 2. The Morgan fingerprint density at radius 1 is 0.556 bits per heavy atom. The van der Waals surface area contributed by atoms with E-state index in [0.29, 0.717) is 11.8 Å². The number of azo groups is 3. The summed E-state index contributed by atoms with van der Waals surface area (Å²) in [6, 6.07) is 19.7. The van der Waals surface area contributed by atoms with Gasteiger partial charge in [-0.05, 0) is 83.2 Å². The van der Waals surface area contributed by atoms with Crippen molar-refractivity contribution in [1.82, 2.24) is 0 Å². The molecule has 0 aromatic heterocycles. The number of methoxy groups -OCH3 is 2. The predicted molar refractivity (Wildman–Crippen MR) is 224 cm³/mol. The molecule has 0 radical (unpaired) electrons. The van der Waals surface area contributed by atoms with Gasteiger partial charge in [0.2, 0.25) is 0 Å². The van der Waals surface area contributed by atoms with E-state index in [1.165, 1.54) is 80.9 Å². The Bertz CT molecular complexity index is 3290. The summed E-state index contributed by atoms with van der Waals surface area (Å²) < 4.78 is 114. The zero-order chi connectivity index (χ0) is 45.9. The van der Waals surface area contributed by atoms with Gasteiger partial charge in [0.05, 0.1) is 36.2 Å². The average Bonchev–Trinajstić information content (AvgIpc) is 3.23. The first kappa shape index (κ1) is 45.0. The number of nitro groups is 1. The smallest absolute Gasteiger partial charge is 0.296 e. The molecule has 6 rings (SSSR count). The molecule has 0 saturated heterocycles. The maximum absolute atomic E-state index is 12.5. The highest BCUT2D eigenvalue weighted by Gasteiger charge is 2.24. The molecule has 324 valence electrons. The van der Waals surface area contributed by atoms with Crippen molar-refractivity contribution in [3.05, 3.63) is 118 Å². The molecule has 0 bridgehead atoms. The Kier molecular flexibility index (Phi) is 12.7. The number of nitro benzene ring substituents is 1. The normalized spacial score (nSPS) is 12.6. The monoisotopic (exact) mass is 919 g/mol. The molecule has 0 heterocycles. The minimum absolute atomic E-state index is 0.0208. The van der Waals surface area contributed by atoms with Crippen LogP contribution in [0.15, 0.2) is 142 Å². The molecular formula is C38H29N7O15S3. The first-order chi connectivity index (χ1) is 29.7. The second kappa shape index (κ2) is 17.8. The Hall–Kier alpha value is -7.55. The van der Waals surface area contributed by atoms with Gasteiger partial charge in [-0.2, -0.15) is 40.6 Å². The fourth-order valence-electron chi connectivity index (χ4n) is 5.69. The van der Waals surface area contributed by atoms with Crippen molar-refractivity contribution in [2.24, 2.45) is 30.7 Å². The van der Waals surface area contributed by atoms with Crippen molar-refractivity contribution in [2.45, 2.75) is 14.7 Å². The van der Waals surface area contributed by atoms with E-state index in [1.54, 1.807) is 0 Å². The van der Waals surface area contributed by atoms with E-state index in [-0.39, 0.29) is 61.9 Å². The first-order valence-corrected chi connectivity index (χ1v) is 21.6. The second-order valence-electron chi connectivity index (χ2n) is 12.7. The maximum atomic E-state index is 12.5. The van der Waals surface area contributed by atoms with Crippen LogP contribution in [0.1, 0.15) is 11.1 Å². The van der Waals surface area contributed by atoms with Crippen molar-refractivity contribution in [2.75, 3.05) is 14.2 Å². The molecule has 0 aliphatic carbocycles. The minimum atomic E-state index is -5.02. The molecule has 0 atom stereocenters. The molecule has 0 spiro atoms. The summed E-state index contributed by atoms with van der Waals surface area (Å²) in [5.74, 6) is -0.698. The van der Waals surface area contributed by atoms with E-state index in [2.05, 4.69) is 30.7 Å². The highest BCUT2D eigenvalue weighted by Crippen LogP contribution is 2.45. The van der Waals surface area contributed by atoms with E-state index < -0.39 is 67.1 Å². The van der Waals surface area contributed by atoms with Crippen molar-refractivity contribution < 1.29 is 63.5 Å². The Morgan fingerprint density at radius 3 is 1.59 bits per heavy atom. The van der Waals surface area contributed by atoms with Crippen LogP contribution in [0.25, 0.3) is 22.9 Å². The lowest BCUT2D eigenvalue weighted by atomic mass is 10.1. The van der Waals surface area contributed by atoms with Gasteiger partial charge in [0, 0.05) is 29.7 Å². The van der Waals surface area contributed by atoms with Crippen LogP contribution in [0.2, 0.25) is 0 Å². The number of hydrogen-bond donors (Lipinski definition) is 5. The van der Waals surface area contributed by atoms with Crippen LogP contribution in [-0.4, -0.2) is 68.3 Å². The molecule has 5 N–H and O–H groups in total. The van der Waals surface area contributed by atoms with E-state index >= 15 is 0 Å². The van der Waals surface area contributed by atoms with E-state index in [1.807, 2.05) is 0 Å². The van der Waals surface area contributed by atoms with Gasteiger partial charge in [0.1, 0.15) is 49.0 Å². The second-order valence-corrected chi connectivity index (χ2v) is 16.9. The summed E-state index contributed by atoms with van der Waals surface area (Å²) in [5, 5.41) is 56.3. The third-order valence-electron chi connectivity index (χ3n) is 8.66. The number of phenols is 2. The molecule has 0 amide bonds. The largest absolute Gasteiger partial charge is 0.508 e. The SMILES string of the molecule is COc1cc(N=Nc2c(S(=O)(=O)O)cc3cc(N=Nc4ccc(O)cc4)ccc3c2O)c(OC)cc1N=Nc1ccc(C=Cc2ccc([N+](=O)[O-])cc2S(=O)(=O)O)c(S(=O)(=O)O)c1. The predicted octanol–water partition coefficient (Wildman–Crippen LogP) is 9.33. The molecule has 25 heteroatoms. The number of fused-ring (bicyclic) bond motifs is 1. The van der Waals surface area contributed by atoms with Gasteiger partial charge in [-0.3, -0.25) is 23.8 Å². The highest BCUT2D eigenvalue weighted by atomic mass is 32.2. The van der Waals surface area contributed by atoms with Crippen LogP contribution in [0, 0.1) is 10.1 Å². The van der Waals surface area contributed by atoms with Gasteiger partial charge < -0.3 is 19.7 Å². The van der Waals surface area contributed by atoms with Gasteiger partial charge in [0.15, 0.2) is 5.75 Å². The van der Waals surface area contributed by atoms with Crippen LogP contribution in [-0.2, 0) is 30.4 Å². The molecule has 22 nitrogen and oxygen atoms in total. The quantitative estimate of drug-likeness (QED) is 0.0223. The fraction of sp³-hybridized carbons (Fsp3) is 0.0526. The van der Waals surface area contributed by atoms with Gasteiger partial charge >= 0.3 is 0 Å². The Labute approximate surface area is 356 Å². The maximum Gasteiger partial charge on any atom is 0.296 e. The molecule has 6 aromatic rings. The summed E-state index contributed by atoms with van der Waals surface area (Å²) >= 11 is 0. The third-order valence-corrected chi connectivity index (χ3v) is 11.3. The van der Waals surface area contributed by atoms with Crippen molar-refractivity contribution >= 4 is 93.1 Å². The molecule has 6 aromatic carbocycles. The van der Waals surface area contributed by atoms with Crippen LogP contribution < -0.4 is 9.47 Å². The molecule has 0 saturated carbocycles. The number of nitrogens with zero attached hydrogens (tertiary/aromatic N) is 7. The standard InChI is InChI=1S/C38H29N7O15S3/c1-59-32-20-31(43-44-37-36(63(56,57)58)16-23-15-25(10-14-29(23)38(37)47)40-39-24-8-12-28(46)13-9-24)33(60-2)19-30(32)42-41-26-7-5-21(34(17-26)61(50,51)52)3-4-22-6-11-27(45(48)49)18-35(22)62(53,54)55/h3-20,46-47H,1-2H3,(H,50,51,52)(H,53,54,55)(H,56,57,58). The lowest BCUT2D eigenvalue weighted by Gasteiger charge is -2.11. The molecular weight excluding hydrogens is 891 g/mol. The lowest BCUT2D eigenvalue weighted by Crippen LogP contribution is -2.02. The van der Waals surface area contributed by atoms with E-state index in [0.717, 1.165) is 36.4 Å². The Balaban J connectivity index is 1.32. The van der Waals surface area contributed by atoms with Crippen molar-refractivity contribution in [1.29, 1.82) is 0 Å². The molecule has 0 fully saturated rings. The van der Waals surface area contributed by atoms with Crippen LogP contribution in [0.3, 0.4) is 0 Å². The summed E-state index contributed by atoms with van der Waals surface area (Å²) in [7, 11) is -12.4. The van der Waals surface area contributed by atoms with Gasteiger partial charge in [-0.1, -0.05) is 18.2 Å². The van der Waals surface area contributed by atoms with E-state index in [4.69, 9.17) is 9.47 Å². The molecule has 0 aliphatic heterocycles. The van der Waals surface area contributed by atoms with E-state index in [9.17, 15) is 59.2 Å². The number of hydrogen-bond acceptors (Lipinski definition) is 18. The van der Waals surface area contributed by atoms with Gasteiger partial charge in [-0.25, -0.2) is 0 Å². The molecule has 63 heavy (non-hydrogen) atoms.